The standard InChI is InChI=1S/C22H22F3N3O3/c23-22(24,25)14-3-6-17-13(10-14)11-16(20(29)26-15-4-5-15)18-12-27(7-8-28(17)18)21(30)19-2-1-9-31-19/h1-3,6,9-10,15-16,18H,4-5,7-8,11-12H2,(H,26,29)/t16-,18-/m1/s1. The third kappa shape index (κ3) is 3.77. The van der Waals surface area contributed by atoms with Crippen molar-refractivity contribution >= 4 is 17.5 Å². The van der Waals surface area contributed by atoms with Crippen LogP contribution in [0.2, 0.25) is 0 Å². The zero-order chi connectivity index (χ0) is 21.8. The van der Waals surface area contributed by atoms with Gasteiger partial charge in [-0.3, -0.25) is 9.59 Å². The van der Waals surface area contributed by atoms with E-state index in [4.69, 9.17) is 4.42 Å². The lowest BCUT2D eigenvalue weighted by atomic mass is 9.82. The molecule has 2 amide bonds. The summed E-state index contributed by atoms with van der Waals surface area (Å²) in [5.74, 6) is -0.709. The van der Waals surface area contributed by atoms with E-state index in [1.54, 1.807) is 17.0 Å². The minimum Gasteiger partial charge on any atom is -0.459 e. The molecule has 5 rings (SSSR count). The van der Waals surface area contributed by atoms with Gasteiger partial charge in [-0.1, -0.05) is 0 Å². The quantitative estimate of drug-likeness (QED) is 0.808. The molecule has 31 heavy (non-hydrogen) atoms. The first-order chi connectivity index (χ1) is 14.8. The molecule has 0 unspecified atom stereocenters. The average molecular weight is 433 g/mol. The first kappa shape index (κ1) is 20.0. The zero-order valence-electron chi connectivity index (χ0n) is 16.7. The lowest BCUT2D eigenvalue weighted by molar-refractivity contribution is -0.137. The van der Waals surface area contributed by atoms with E-state index in [1.807, 2.05) is 4.90 Å². The Morgan fingerprint density at radius 1 is 1.13 bits per heavy atom. The van der Waals surface area contributed by atoms with E-state index in [-0.39, 0.29) is 36.1 Å². The van der Waals surface area contributed by atoms with Crippen molar-refractivity contribution in [2.24, 2.45) is 5.92 Å². The van der Waals surface area contributed by atoms with Crippen LogP contribution in [-0.4, -0.2) is 48.4 Å². The monoisotopic (exact) mass is 433 g/mol. The van der Waals surface area contributed by atoms with Gasteiger partial charge in [0, 0.05) is 31.4 Å². The van der Waals surface area contributed by atoms with Crippen molar-refractivity contribution in [2.45, 2.75) is 37.5 Å². The first-order valence-corrected chi connectivity index (χ1v) is 10.4. The molecule has 1 N–H and O–H groups in total. The smallest absolute Gasteiger partial charge is 0.416 e. The lowest BCUT2D eigenvalue weighted by Crippen LogP contribution is -2.62. The lowest BCUT2D eigenvalue weighted by Gasteiger charge is -2.49. The SMILES string of the molecule is O=C(NC1CC1)[C@@H]1Cc2cc(C(F)(F)F)ccc2N2CCN(C(=O)c3ccco3)C[C@H]12. The zero-order valence-corrected chi connectivity index (χ0v) is 16.7. The predicted molar refractivity (Wildman–Crippen MR) is 106 cm³/mol. The van der Waals surface area contributed by atoms with Gasteiger partial charge in [-0.05, 0) is 55.2 Å². The minimum absolute atomic E-state index is 0.147. The fourth-order valence-electron chi connectivity index (χ4n) is 4.58. The fourth-order valence-corrected chi connectivity index (χ4v) is 4.58. The number of anilines is 1. The van der Waals surface area contributed by atoms with Crippen LogP contribution in [0.1, 0.15) is 34.5 Å². The number of carbonyl (C=O) groups excluding carboxylic acids is 2. The van der Waals surface area contributed by atoms with Crippen LogP contribution in [0.4, 0.5) is 18.9 Å². The number of halogens is 3. The highest BCUT2D eigenvalue weighted by Gasteiger charge is 2.44. The van der Waals surface area contributed by atoms with E-state index in [0.717, 1.165) is 25.0 Å². The molecule has 3 aliphatic rings. The summed E-state index contributed by atoms with van der Waals surface area (Å²) in [6.45, 7) is 1.14. The molecule has 1 saturated carbocycles. The Morgan fingerprint density at radius 2 is 1.94 bits per heavy atom. The second-order valence-corrected chi connectivity index (χ2v) is 8.42. The summed E-state index contributed by atoms with van der Waals surface area (Å²) in [6.07, 6.45) is -0.951. The molecular weight excluding hydrogens is 411 g/mol. The summed E-state index contributed by atoms with van der Waals surface area (Å²) in [4.78, 5) is 29.5. The Hall–Kier alpha value is -2.97. The molecule has 3 heterocycles. The Morgan fingerprint density at radius 3 is 2.61 bits per heavy atom. The molecule has 2 aromatic rings. The minimum atomic E-state index is -4.44. The third-order valence-electron chi connectivity index (χ3n) is 6.32. The van der Waals surface area contributed by atoms with Gasteiger partial charge in [-0.2, -0.15) is 13.2 Å². The highest BCUT2D eigenvalue weighted by molar-refractivity contribution is 5.92. The molecule has 0 bridgehead atoms. The second kappa shape index (κ2) is 7.32. The number of carbonyl (C=O) groups is 2. The van der Waals surface area contributed by atoms with Crippen molar-refractivity contribution < 1.29 is 27.2 Å². The molecule has 164 valence electrons. The number of piperazine rings is 1. The number of fused-ring (bicyclic) bond motifs is 3. The number of benzene rings is 1. The molecule has 2 fully saturated rings. The number of hydrogen-bond donors (Lipinski definition) is 1. The fraction of sp³-hybridized carbons (Fsp3) is 0.455. The van der Waals surface area contributed by atoms with Crippen molar-refractivity contribution in [3.05, 3.63) is 53.5 Å². The molecule has 1 aromatic carbocycles. The van der Waals surface area contributed by atoms with Gasteiger partial charge in [0.05, 0.1) is 23.8 Å². The van der Waals surface area contributed by atoms with Crippen LogP contribution in [0.15, 0.2) is 41.0 Å². The van der Waals surface area contributed by atoms with E-state index in [9.17, 15) is 22.8 Å². The van der Waals surface area contributed by atoms with Crippen molar-refractivity contribution in [3.63, 3.8) is 0 Å². The van der Waals surface area contributed by atoms with E-state index >= 15 is 0 Å². The molecule has 1 aliphatic carbocycles. The molecular formula is C22H22F3N3O3. The maximum atomic E-state index is 13.3. The number of nitrogens with one attached hydrogen (secondary N) is 1. The Labute approximate surface area is 177 Å². The van der Waals surface area contributed by atoms with Crippen molar-refractivity contribution in [1.82, 2.24) is 10.2 Å². The molecule has 0 radical (unpaired) electrons. The normalized spacial score (nSPS) is 23.2. The highest BCUT2D eigenvalue weighted by Crippen LogP contribution is 2.40. The van der Waals surface area contributed by atoms with Gasteiger partial charge in [-0.25, -0.2) is 0 Å². The van der Waals surface area contributed by atoms with Crippen LogP contribution in [0.25, 0.3) is 0 Å². The van der Waals surface area contributed by atoms with Crippen molar-refractivity contribution in [3.8, 4) is 0 Å². The van der Waals surface area contributed by atoms with Crippen LogP contribution in [-0.2, 0) is 17.4 Å². The molecule has 2 atom stereocenters. The second-order valence-electron chi connectivity index (χ2n) is 8.42. The first-order valence-electron chi connectivity index (χ1n) is 10.4. The third-order valence-corrected chi connectivity index (χ3v) is 6.32. The summed E-state index contributed by atoms with van der Waals surface area (Å²) in [5, 5.41) is 2.99. The summed E-state index contributed by atoms with van der Waals surface area (Å²) in [7, 11) is 0. The maximum absolute atomic E-state index is 13.3. The summed E-state index contributed by atoms with van der Waals surface area (Å²) >= 11 is 0. The van der Waals surface area contributed by atoms with Gasteiger partial charge in [0.15, 0.2) is 5.76 Å². The number of nitrogens with zero attached hydrogens (tertiary/aromatic N) is 2. The van der Waals surface area contributed by atoms with E-state index < -0.39 is 17.7 Å². The van der Waals surface area contributed by atoms with Crippen molar-refractivity contribution in [1.29, 1.82) is 0 Å². The summed E-state index contributed by atoms with van der Waals surface area (Å²) in [6, 6.07) is 6.81. The van der Waals surface area contributed by atoms with Crippen LogP contribution < -0.4 is 10.2 Å². The average Bonchev–Trinajstić information content (AvgIpc) is 3.39. The summed E-state index contributed by atoms with van der Waals surface area (Å²) < 4.78 is 45.0. The number of furan rings is 1. The molecule has 1 aromatic heterocycles. The maximum Gasteiger partial charge on any atom is 0.416 e. The van der Waals surface area contributed by atoms with Crippen molar-refractivity contribution in [2.75, 3.05) is 24.5 Å². The van der Waals surface area contributed by atoms with E-state index in [0.29, 0.717) is 30.9 Å². The molecule has 1 saturated heterocycles. The van der Waals surface area contributed by atoms with Crippen LogP contribution in [0.3, 0.4) is 0 Å². The van der Waals surface area contributed by atoms with Crippen LogP contribution in [0, 0.1) is 5.92 Å². The Kier molecular flexibility index (Phi) is 4.71. The molecule has 6 nitrogen and oxygen atoms in total. The Balaban J connectivity index is 1.46. The van der Waals surface area contributed by atoms with Crippen LogP contribution >= 0.6 is 0 Å². The number of alkyl halides is 3. The highest BCUT2D eigenvalue weighted by atomic mass is 19.4. The van der Waals surface area contributed by atoms with Gasteiger partial charge in [0.25, 0.3) is 5.91 Å². The molecule has 2 aliphatic heterocycles. The number of rotatable bonds is 3. The van der Waals surface area contributed by atoms with Gasteiger partial charge in [0.2, 0.25) is 5.91 Å². The molecule has 0 spiro atoms. The largest absolute Gasteiger partial charge is 0.459 e. The van der Waals surface area contributed by atoms with Gasteiger partial charge >= 0.3 is 6.18 Å². The Bertz CT molecular complexity index is 1000. The number of amides is 2. The van der Waals surface area contributed by atoms with Crippen LogP contribution in [0.5, 0.6) is 0 Å². The topological polar surface area (TPSA) is 65.8 Å². The van der Waals surface area contributed by atoms with E-state index in [2.05, 4.69) is 5.32 Å². The van der Waals surface area contributed by atoms with Gasteiger partial charge in [0.1, 0.15) is 0 Å². The van der Waals surface area contributed by atoms with E-state index in [1.165, 1.54) is 12.3 Å². The molecule has 9 heteroatoms. The summed E-state index contributed by atoms with van der Waals surface area (Å²) in [5.41, 5.74) is 0.518. The predicted octanol–water partition coefficient (Wildman–Crippen LogP) is 3.08. The van der Waals surface area contributed by atoms with Gasteiger partial charge < -0.3 is 19.5 Å². The van der Waals surface area contributed by atoms with Gasteiger partial charge in [-0.15, -0.1) is 0 Å². The number of hydrogen-bond acceptors (Lipinski definition) is 4.